The Balaban J connectivity index is 1.99. The van der Waals surface area contributed by atoms with E-state index < -0.39 is 22.9 Å². The average Bonchev–Trinajstić information content (AvgIpc) is 2.88. The van der Waals surface area contributed by atoms with E-state index in [0.29, 0.717) is 11.3 Å². The summed E-state index contributed by atoms with van der Waals surface area (Å²) in [5.41, 5.74) is 1.03. The maximum atomic E-state index is 12.1. The van der Waals surface area contributed by atoms with Gasteiger partial charge in [-0.15, -0.1) is 0 Å². The van der Waals surface area contributed by atoms with Crippen LogP contribution in [0.2, 0.25) is 0 Å². The quantitative estimate of drug-likeness (QED) is 0.464. The maximum absolute atomic E-state index is 12.1. The zero-order chi connectivity index (χ0) is 20.1. The lowest BCUT2D eigenvalue weighted by Gasteiger charge is -2.14. The van der Waals surface area contributed by atoms with Crippen LogP contribution >= 0.6 is 0 Å². The van der Waals surface area contributed by atoms with Gasteiger partial charge in [0.25, 0.3) is 5.91 Å². The first-order valence-corrected chi connectivity index (χ1v) is 7.91. The molecule has 0 saturated carbocycles. The average molecular weight is 371 g/mol. The first kappa shape index (κ1) is 19.6. The predicted molar refractivity (Wildman–Crippen MR) is 93.7 cm³/mol. The number of hydrogen-bond donors (Lipinski definition) is 1. The van der Waals surface area contributed by atoms with Crippen LogP contribution in [0.1, 0.15) is 23.9 Å². The van der Waals surface area contributed by atoms with Gasteiger partial charge in [0.1, 0.15) is 17.9 Å². The second-order valence-electron chi connectivity index (χ2n) is 5.75. The van der Waals surface area contributed by atoms with Gasteiger partial charge in [-0.2, -0.15) is 10.4 Å². The van der Waals surface area contributed by atoms with Crippen molar-refractivity contribution in [2.75, 3.05) is 5.32 Å². The number of ether oxygens (including phenoxy) is 1. The van der Waals surface area contributed by atoms with E-state index in [0.717, 1.165) is 4.68 Å². The Labute approximate surface area is 154 Å². The van der Waals surface area contributed by atoms with Crippen LogP contribution in [0.5, 0.6) is 0 Å². The van der Waals surface area contributed by atoms with Gasteiger partial charge in [0.15, 0.2) is 6.10 Å². The van der Waals surface area contributed by atoms with Gasteiger partial charge in [-0.1, -0.05) is 6.07 Å². The van der Waals surface area contributed by atoms with Crippen molar-refractivity contribution >= 4 is 23.3 Å². The third kappa shape index (κ3) is 4.66. The van der Waals surface area contributed by atoms with Crippen LogP contribution in [0.25, 0.3) is 0 Å². The highest BCUT2D eigenvalue weighted by Crippen LogP contribution is 2.21. The van der Waals surface area contributed by atoms with Gasteiger partial charge in [0.2, 0.25) is 0 Å². The first-order chi connectivity index (χ1) is 12.7. The molecule has 1 atom stereocenters. The molecule has 10 heteroatoms. The van der Waals surface area contributed by atoms with Gasteiger partial charge >= 0.3 is 11.7 Å². The molecule has 1 amide bonds. The third-order valence-corrected chi connectivity index (χ3v) is 3.74. The molecule has 1 aromatic carbocycles. The highest BCUT2D eigenvalue weighted by Gasteiger charge is 2.24. The number of aromatic nitrogens is 2. The van der Waals surface area contributed by atoms with Crippen LogP contribution in [0, 0.1) is 35.3 Å². The van der Waals surface area contributed by atoms with E-state index in [4.69, 9.17) is 10.00 Å². The molecular weight excluding hydrogens is 354 g/mol. The molecule has 27 heavy (non-hydrogen) atoms. The van der Waals surface area contributed by atoms with E-state index in [2.05, 4.69) is 10.4 Å². The van der Waals surface area contributed by atoms with Crippen molar-refractivity contribution in [3.8, 4) is 6.07 Å². The van der Waals surface area contributed by atoms with E-state index in [1.807, 2.05) is 6.07 Å². The molecule has 2 aromatic rings. The van der Waals surface area contributed by atoms with Crippen molar-refractivity contribution < 1.29 is 19.2 Å². The van der Waals surface area contributed by atoms with Crippen LogP contribution in [-0.4, -0.2) is 32.7 Å². The SMILES string of the molecule is Cc1nn(CC(=O)O[C@@H](C)C(=O)Nc2cccc(C#N)c2)c(C)c1[N+](=O)[O-]. The van der Waals surface area contributed by atoms with Crippen LogP contribution in [0.3, 0.4) is 0 Å². The summed E-state index contributed by atoms with van der Waals surface area (Å²) in [4.78, 5) is 34.6. The molecule has 10 nitrogen and oxygen atoms in total. The first-order valence-electron chi connectivity index (χ1n) is 7.91. The zero-order valence-electron chi connectivity index (χ0n) is 14.9. The highest BCUT2D eigenvalue weighted by atomic mass is 16.6. The van der Waals surface area contributed by atoms with E-state index in [1.54, 1.807) is 18.2 Å². The number of rotatable bonds is 6. The van der Waals surface area contributed by atoms with Crippen molar-refractivity contribution in [1.29, 1.82) is 5.26 Å². The molecule has 1 heterocycles. The van der Waals surface area contributed by atoms with Crippen molar-refractivity contribution in [3.05, 3.63) is 51.3 Å². The standard InChI is InChI=1S/C17H17N5O5/c1-10-16(22(25)26)11(2)21(20-10)9-15(23)27-12(3)17(24)19-14-6-4-5-13(7-14)8-18/h4-7,12H,9H2,1-3H3,(H,19,24)/t12-/m0/s1. The monoisotopic (exact) mass is 371 g/mol. The molecule has 0 aliphatic carbocycles. The minimum atomic E-state index is -1.10. The number of benzene rings is 1. The van der Waals surface area contributed by atoms with E-state index in [9.17, 15) is 19.7 Å². The van der Waals surface area contributed by atoms with Crippen molar-refractivity contribution in [2.45, 2.75) is 33.4 Å². The Kier molecular flexibility index (Phi) is 5.87. The lowest BCUT2D eigenvalue weighted by atomic mass is 10.2. The molecular formula is C17H17N5O5. The number of nitrogens with zero attached hydrogens (tertiary/aromatic N) is 4. The second-order valence-corrected chi connectivity index (χ2v) is 5.75. The smallest absolute Gasteiger partial charge is 0.328 e. The summed E-state index contributed by atoms with van der Waals surface area (Å²) >= 11 is 0. The fourth-order valence-electron chi connectivity index (χ4n) is 2.43. The molecule has 0 spiro atoms. The van der Waals surface area contributed by atoms with Gasteiger partial charge in [-0.25, -0.2) is 0 Å². The number of nitrogens with one attached hydrogen (secondary N) is 1. The predicted octanol–water partition coefficient (Wildman–Crippen LogP) is 1.85. The lowest BCUT2D eigenvalue weighted by Crippen LogP contribution is -2.31. The van der Waals surface area contributed by atoms with Crippen molar-refractivity contribution in [3.63, 3.8) is 0 Å². The summed E-state index contributed by atoms with van der Waals surface area (Å²) in [6.45, 7) is 3.98. The molecule has 0 saturated heterocycles. The number of esters is 1. The van der Waals surface area contributed by atoms with Gasteiger partial charge < -0.3 is 10.1 Å². The van der Waals surface area contributed by atoms with Gasteiger partial charge in [-0.05, 0) is 39.0 Å². The number of anilines is 1. The fourth-order valence-corrected chi connectivity index (χ4v) is 2.43. The van der Waals surface area contributed by atoms with Crippen LogP contribution in [0.15, 0.2) is 24.3 Å². The van der Waals surface area contributed by atoms with E-state index >= 15 is 0 Å². The number of nitriles is 1. The largest absolute Gasteiger partial charge is 0.451 e. The van der Waals surface area contributed by atoms with Crippen LogP contribution in [-0.2, 0) is 20.9 Å². The molecule has 2 rings (SSSR count). The zero-order valence-corrected chi connectivity index (χ0v) is 14.9. The van der Waals surface area contributed by atoms with Gasteiger partial charge in [0, 0.05) is 5.69 Å². The van der Waals surface area contributed by atoms with Crippen LogP contribution in [0.4, 0.5) is 11.4 Å². The summed E-state index contributed by atoms with van der Waals surface area (Å²) in [6, 6.07) is 8.24. The minimum Gasteiger partial charge on any atom is -0.451 e. The summed E-state index contributed by atoms with van der Waals surface area (Å²) in [6.07, 6.45) is -1.10. The Morgan fingerprint density at radius 2 is 2.15 bits per heavy atom. The van der Waals surface area contributed by atoms with E-state index in [1.165, 1.54) is 26.8 Å². The Hall–Kier alpha value is -3.74. The van der Waals surface area contributed by atoms with Crippen LogP contribution < -0.4 is 5.32 Å². The number of nitro groups is 1. The summed E-state index contributed by atoms with van der Waals surface area (Å²) in [5.74, 6) is -1.33. The second kappa shape index (κ2) is 8.09. The fraction of sp³-hybridized carbons (Fsp3) is 0.294. The molecule has 0 aliphatic rings. The molecule has 1 N–H and O–H groups in total. The third-order valence-electron chi connectivity index (χ3n) is 3.74. The number of carbonyl (C=O) groups excluding carboxylic acids is 2. The molecule has 1 aromatic heterocycles. The van der Waals surface area contributed by atoms with E-state index in [-0.39, 0.29) is 23.6 Å². The minimum absolute atomic E-state index is 0.161. The molecule has 0 radical (unpaired) electrons. The number of aryl methyl sites for hydroxylation is 1. The molecule has 0 unspecified atom stereocenters. The van der Waals surface area contributed by atoms with Crippen molar-refractivity contribution in [1.82, 2.24) is 9.78 Å². The van der Waals surface area contributed by atoms with Gasteiger partial charge in [0.05, 0.1) is 16.6 Å². The van der Waals surface area contributed by atoms with Crippen molar-refractivity contribution in [2.24, 2.45) is 0 Å². The summed E-state index contributed by atoms with van der Waals surface area (Å²) in [5, 5.41) is 26.4. The Morgan fingerprint density at radius 1 is 1.44 bits per heavy atom. The molecule has 140 valence electrons. The number of carbonyl (C=O) groups is 2. The lowest BCUT2D eigenvalue weighted by molar-refractivity contribution is -0.386. The highest BCUT2D eigenvalue weighted by molar-refractivity contribution is 5.95. The normalized spacial score (nSPS) is 11.3. The number of hydrogen-bond acceptors (Lipinski definition) is 7. The molecule has 0 aliphatic heterocycles. The Morgan fingerprint density at radius 3 is 2.74 bits per heavy atom. The summed E-state index contributed by atoms with van der Waals surface area (Å²) < 4.78 is 6.23. The van der Waals surface area contributed by atoms with Gasteiger partial charge in [-0.3, -0.25) is 24.4 Å². The molecule has 0 bridgehead atoms. The topological polar surface area (TPSA) is 140 Å². The summed E-state index contributed by atoms with van der Waals surface area (Å²) in [7, 11) is 0. The Bertz CT molecular complexity index is 944. The molecule has 0 fully saturated rings. The maximum Gasteiger partial charge on any atom is 0.328 e. The number of amides is 1.